The van der Waals surface area contributed by atoms with E-state index in [4.69, 9.17) is 9.47 Å². The van der Waals surface area contributed by atoms with E-state index in [9.17, 15) is 4.79 Å². The minimum Gasteiger partial charge on any atom is -0.496 e. The number of allylic oxidation sites excluding steroid dienone is 2. The summed E-state index contributed by atoms with van der Waals surface area (Å²) in [6, 6.07) is 19.0. The SMILES string of the molecule is COc1ccc2ccccc2c1C1Nc2ccc(C(=O)N3CCOCC3)cc2C2C=CCC21. The van der Waals surface area contributed by atoms with Gasteiger partial charge in [0.25, 0.3) is 5.91 Å². The zero-order valence-corrected chi connectivity index (χ0v) is 18.8. The number of benzene rings is 3. The van der Waals surface area contributed by atoms with Crippen LogP contribution in [0.2, 0.25) is 0 Å². The van der Waals surface area contributed by atoms with Gasteiger partial charge in [0.15, 0.2) is 0 Å². The lowest BCUT2D eigenvalue weighted by molar-refractivity contribution is 0.0303. The third-order valence-corrected chi connectivity index (χ3v) is 7.37. The van der Waals surface area contributed by atoms with E-state index in [2.05, 4.69) is 66.0 Å². The van der Waals surface area contributed by atoms with Crippen molar-refractivity contribution in [2.24, 2.45) is 5.92 Å². The van der Waals surface area contributed by atoms with Gasteiger partial charge in [0.2, 0.25) is 0 Å². The van der Waals surface area contributed by atoms with Gasteiger partial charge in [-0.15, -0.1) is 0 Å². The summed E-state index contributed by atoms with van der Waals surface area (Å²) >= 11 is 0. The van der Waals surface area contributed by atoms with Crippen LogP contribution in [0.4, 0.5) is 5.69 Å². The first kappa shape index (κ1) is 20.3. The number of nitrogens with one attached hydrogen (secondary N) is 1. The number of nitrogens with zero attached hydrogens (tertiary/aromatic N) is 1. The highest BCUT2D eigenvalue weighted by Crippen LogP contribution is 2.52. The summed E-state index contributed by atoms with van der Waals surface area (Å²) in [5, 5.41) is 6.27. The zero-order valence-electron chi connectivity index (χ0n) is 18.8. The Morgan fingerprint density at radius 3 is 2.79 bits per heavy atom. The number of amides is 1. The molecule has 0 saturated carbocycles. The summed E-state index contributed by atoms with van der Waals surface area (Å²) in [4.78, 5) is 15.0. The molecule has 1 N–H and O–H groups in total. The van der Waals surface area contributed by atoms with Gasteiger partial charge in [0, 0.05) is 35.8 Å². The minimum atomic E-state index is 0.0949. The molecule has 3 aromatic carbocycles. The number of carbonyl (C=O) groups is 1. The molecule has 5 nitrogen and oxygen atoms in total. The number of morpholine rings is 1. The van der Waals surface area contributed by atoms with Crippen LogP contribution >= 0.6 is 0 Å². The van der Waals surface area contributed by atoms with Gasteiger partial charge in [-0.2, -0.15) is 0 Å². The molecule has 3 aliphatic rings. The van der Waals surface area contributed by atoms with Crippen LogP contribution in [0.25, 0.3) is 10.8 Å². The second-order valence-electron chi connectivity index (χ2n) is 9.08. The van der Waals surface area contributed by atoms with E-state index in [0.717, 1.165) is 23.4 Å². The molecule has 0 radical (unpaired) electrons. The second-order valence-corrected chi connectivity index (χ2v) is 9.08. The highest BCUT2D eigenvalue weighted by Gasteiger charge is 2.40. The van der Waals surface area contributed by atoms with Crippen molar-refractivity contribution in [2.75, 3.05) is 38.7 Å². The smallest absolute Gasteiger partial charge is 0.254 e. The summed E-state index contributed by atoms with van der Waals surface area (Å²) in [6.07, 6.45) is 5.60. The van der Waals surface area contributed by atoms with Gasteiger partial charge in [-0.05, 0) is 52.9 Å². The molecular weight excluding hydrogens is 412 g/mol. The van der Waals surface area contributed by atoms with Gasteiger partial charge in [-0.3, -0.25) is 4.79 Å². The largest absolute Gasteiger partial charge is 0.496 e. The van der Waals surface area contributed by atoms with Gasteiger partial charge in [-0.25, -0.2) is 0 Å². The van der Waals surface area contributed by atoms with Crippen molar-refractivity contribution in [3.63, 3.8) is 0 Å². The van der Waals surface area contributed by atoms with Crippen molar-refractivity contribution in [1.29, 1.82) is 0 Å². The average molecular weight is 441 g/mol. The molecule has 3 atom stereocenters. The van der Waals surface area contributed by atoms with Crippen molar-refractivity contribution in [1.82, 2.24) is 4.90 Å². The van der Waals surface area contributed by atoms with E-state index in [1.807, 2.05) is 11.0 Å². The Labute approximate surface area is 194 Å². The molecule has 0 aromatic heterocycles. The lowest BCUT2D eigenvalue weighted by Crippen LogP contribution is -2.40. The number of carbonyl (C=O) groups excluding carboxylic acids is 1. The topological polar surface area (TPSA) is 50.8 Å². The molecule has 3 aromatic rings. The fraction of sp³-hybridized carbons (Fsp3) is 0.321. The number of fused-ring (bicyclic) bond motifs is 4. The molecule has 0 spiro atoms. The van der Waals surface area contributed by atoms with E-state index in [1.54, 1.807) is 7.11 Å². The van der Waals surface area contributed by atoms with Crippen LogP contribution in [-0.4, -0.2) is 44.2 Å². The summed E-state index contributed by atoms with van der Waals surface area (Å²) < 4.78 is 11.3. The van der Waals surface area contributed by atoms with Crippen LogP contribution in [0.3, 0.4) is 0 Å². The fourth-order valence-corrected chi connectivity index (χ4v) is 5.74. The normalized spacial score (nSPS) is 23.7. The highest BCUT2D eigenvalue weighted by molar-refractivity contribution is 5.95. The fourth-order valence-electron chi connectivity index (χ4n) is 5.74. The number of hydrogen-bond acceptors (Lipinski definition) is 4. The molecule has 1 saturated heterocycles. The van der Waals surface area contributed by atoms with Gasteiger partial charge < -0.3 is 19.7 Å². The summed E-state index contributed by atoms with van der Waals surface area (Å²) in [7, 11) is 1.75. The lowest BCUT2D eigenvalue weighted by Gasteiger charge is -2.39. The predicted octanol–water partition coefficient (Wildman–Crippen LogP) is 5.15. The van der Waals surface area contributed by atoms with Crippen molar-refractivity contribution in [2.45, 2.75) is 18.4 Å². The van der Waals surface area contributed by atoms with Gasteiger partial charge in [0.05, 0.1) is 26.4 Å². The molecule has 5 heteroatoms. The van der Waals surface area contributed by atoms with Gasteiger partial charge in [-0.1, -0.05) is 42.5 Å². The van der Waals surface area contributed by atoms with E-state index >= 15 is 0 Å². The van der Waals surface area contributed by atoms with Crippen molar-refractivity contribution in [3.05, 3.63) is 83.4 Å². The third-order valence-electron chi connectivity index (χ3n) is 7.37. The molecule has 0 bridgehead atoms. The van der Waals surface area contributed by atoms with Crippen molar-refractivity contribution in [3.8, 4) is 5.75 Å². The third kappa shape index (κ3) is 3.39. The van der Waals surface area contributed by atoms with Crippen LogP contribution in [0.1, 0.15) is 39.9 Å². The molecule has 1 aliphatic carbocycles. The van der Waals surface area contributed by atoms with E-state index in [-0.39, 0.29) is 17.9 Å². The van der Waals surface area contributed by atoms with Crippen LogP contribution in [0.15, 0.2) is 66.7 Å². The van der Waals surface area contributed by atoms with Gasteiger partial charge >= 0.3 is 0 Å². The van der Waals surface area contributed by atoms with Crippen LogP contribution in [-0.2, 0) is 4.74 Å². The number of hydrogen-bond donors (Lipinski definition) is 1. The Hall–Kier alpha value is -3.31. The van der Waals surface area contributed by atoms with Crippen LogP contribution in [0.5, 0.6) is 5.75 Å². The quantitative estimate of drug-likeness (QED) is 0.573. The molecule has 2 aliphatic heterocycles. The number of rotatable bonds is 3. The molecular formula is C28H28N2O3. The number of anilines is 1. The second kappa shape index (κ2) is 8.23. The van der Waals surface area contributed by atoms with Gasteiger partial charge in [0.1, 0.15) is 5.75 Å². The summed E-state index contributed by atoms with van der Waals surface area (Å²) in [5.41, 5.74) is 4.29. The van der Waals surface area contributed by atoms with Crippen LogP contribution in [0, 0.1) is 5.92 Å². The zero-order chi connectivity index (χ0) is 22.4. The van der Waals surface area contributed by atoms with E-state index in [1.165, 1.54) is 21.9 Å². The maximum atomic E-state index is 13.1. The Balaban J connectivity index is 1.41. The molecule has 33 heavy (non-hydrogen) atoms. The maximum Gasteiger partial charge on any atom is 0.254 e. The Bertz CT molecular complexity index is 1250. The molecule has 6 rings (SSSR count). The Morgan fingerprint density at radius 2 is 1.94 bits per heavy atom. The van der Waals surface area contributed by atoms with E-state index < -0.39 is 0 Å². The Kier molecular flexibility index (Phi) is 5.07. The monoisotopic (exact) mass is 440 g/mol. The average Bonchev–Trinajstić information content (AvgIpc) is 3.38. The Morgan fingerprint density at radius 1 is 1.09 bits per heavy atom. The molecule has 1 amide bonds. The first-order valence-corrected chi connectivity index (χ1v) is 11.7. The summed E-state index contributed by atoms with van der Waals surface area (Å²) in [5.74, 6) is 1.65. The standard InChI is InChI=1S/C28H28N2O3/c1-32-25-12-10-18-5-2-3-6-20(18)26(25)27-22-8-4-7-21(22)23-17-19(9-11-24(23)29-27)28(31)30-13-15-33-16-14-30/h2-7,9-12,17,21-22,27,29H,8,13-16H2,1H3. The first-order chi connectivity index (χ1) is 16.2. The van der Waals surface area contributed by atoms with Crippen molar-refractivity contribution >= 4 is 22.4 Å². The molecule has 2 heterocycles. The molecule has 168 valence electrons. The molecule has 3 unspecified atom stereocenters. The number of ether oxygens (including phenoxy) is 2. The van der Waals surface area contributed by atoms with E-state index in [0.29, 0.717) is 32.2 Å². The summed E-state index contributed by atoms with van der Waals surface area (Å²) in [6.45, 7) is 2.53. The minimum absolute atomic E-state index is 0.0949. The molecule has 1 fully saturated rings. The van der Waals surface area contributed by atoms with Crippen LogP contribution < -0.4 is 10.1 Å². The lowest BCUT2D eigenvalue weighted by atomic mass is 9.75. The number of methoxy groups -OCH3 is 1. The predicted molar refractivity (Wildman–Crippen MR) is 130 cm³/mol. The maximum absolute atomic E-state index is 13.1. The van der Waals surface area contributed by atoms with Crippen molar-refractivity contribution < 1.29 is 14.3 Å². The first-order valence-electron chi connectivity index (χ1n) is 11.7. The highest BCUT2D eigenvalue weighted by atomic mass is 16.5.